The third-order valence-electron chi connectivity index (χ3n) is 7.44. The zero-order chi connectivity index (χ0) is 28.3. The predicted molar refractivity (Wildman–Crippen MR) is 170 cm³/mol. The Bertz CT molecular complexity index is 1610. The summed E-state index contributed by atoms with van der Waals surface area (Å²) in [4.78, 5) is 23.0. The minimum Gasteiger partial charge on any atom is -0.353 e. The molecule has 7 rings (SSSR count). The lowest BCUT2D eigenvalue weighted by Gasteiger charge is -2.34. The molecule has 4 aromatic carbocycles. The van der Waals surface area contributed by atoms with Crippen molar-refractivity contribution in [3.63, 3.8) is 0 Å². The number of hydrogen-bond acceptors (Lipinski definition) is 5. The maximum absolute atomic E-state index is 11.8. The van der Waals surface area contributed by atoms with Gasteiger partial charge in [-0.05, 0) is 60.6 Å². The van der Waals surface area contributed by atoms with Crippen LogP contribution in [0.25, 0.3) is 12.2 Å². The van der Waals surface area contributed by atoms with Crippen molar-refractivity contribution in [2.24, 2.45) is 10.7 Å². The lowest BCUT2D eigenvalue weighted by atomic mass is 10.1. The number of primary amides is 1. The number of piperazine rings is 1. The van der Waals surface area contributed by atoms with Gasteiger partial charge in [-0.25, -0.2) is 9.79 Å². The molecule has 4 aromatic rings. The molecule has 0 spiro atoms. The lowest BCUT2D eigenvalue weighted by Crippen LogP contribution is -2.47. The summed E-state index contributed by atoms with van der Waals surface area (Å²) in [6.45, 7) is 4.08. The molecule has 0 saturated carbocycles. The smallest absolute Gasteiger partial charge is 0.323 e. The molecular formula is C33H31ClN6O. The number of rotatable bonds is 0. The fourth-order valence-electron chi connectivity index (χ4n) is 5.28. The zero-order valence-corrected chi connectivity index (χ0v) is 23.6. The zero-order valence-electron chi connectivity index (χ0n) is 22.8. The van der Waals surface area contributed by atoms with Gasteiger partial charge in [0.25, 0.3) is 0 Å². The number of aliphatic imine (C=N–C) groups is 1. The van der Waals surface area contributed by atoms with Crippen molar-refractivity contribution in [3.8, 4) is 0 Å². The number of likely N-dealkylation sites (N-methyl/N-ethyl adjacent to an activating group) is 1. The molecule has 41 heavy (non-hydrogen) atoms. The van der Waals surface area contributed by atoms with Crippen LogP contribution in [0.3, 0.4) is 0 Å². The fraction of sp³-hybridized carbons (Fsp3) is 0.152. The molecule has 3 N–H and O–H groups in total. The summed E-state index contributed by atoms with van der Waals surface area (Å²) in [7, 11) is 2.16. The number of urea groups is 1. The number of nitrogens with one attached hydrogen (secondary N) is 1. The number of nitrogens with two attached hydrogens (primary N) is 1. The Morgan fingerprint density at radius 1 is 0.805 bits per heavy atom. The summed E-state index contributed by atoms with van der Waals surface area (Å²) in [5.74, 6) is 1.03. The van der Waals surface area contributed by atoms with Crippen LogP contribution in [0.15, 0.2) is 96.0 Å². The van der Waals surface area contributed by atoms with Crippen molar-refractivity contribution in [2.45, 2.75) is 0 Å². The summed E-state index contributed by atoms with van der Waals surface area (Å²) < 4.78 is 0. The van der Waals surface area contributed by atoms with E-state index in [1.54, 1.807) is 4.90 Å². The van der Waals surface area contributed by atoms with Crippen molar-refractivity contribution >= 4 is 64.1 Å². The van der Waals surface area contributed by atoms with Crippen LogP contribution < -0.4 is 16.0 Å². The minimum atomic E-state index is -0.474. The summed E-state index contributed by atoms with van der Waals surface area (Å²) in [5.41, 5.74) is 13.2. The highest BCUT2D eigenvalue weighted by Crippen LogP contribution is 2.37. The summed E-state index contributed by atoms with van der Waals surface area (Å²) >= 11 is 6.18. The van der Waals surface area contributed by atoms with Crippen LogP contribution in [0.1, 0.15) is 16.7 Å². The van der Waals surface area contributed by atoms with E-state index in [-0.39, 0.29) is 0 Å². The lowest BCUT2D eigenvalue weighted by molar-refractivity contribution is 0.216. The van der Waals surface area contributed by atoms with Gasteiger partial charge in [0.1, 0.15) is 5.84 Å². The number of fused-ring (bicyclic) bond motifs is 4. The van der Waals surface area contributed by atoms with E-state index in [4.69, 9.17) is 22.3 Å². The molecule has 206 valence electrons. The number of nitrogens with zero attached hydrogens (tertiary/aromatic N) is 4. The van der Waals surface area contributed by atoms with Crippen molar-refractivity contribution in [3.05, 3.63) is 113 Å². The number of para-hydroxylation sites is 3. The minimum absolute atomic E-state index is 0.474. The molecule has 7 nitrogen and oxygen atoms in total. The van der Waals surface area contributed by atoms with E-state index in [1.165, 1.54) is 0 Å². The Morgan fingerprint density at radius 2 is 1.41 bits per heavy atom. The fourth-order valence-corrected chi connectivity index (χ4v) is 5.45. The second-order valence-electron chi connectivity index (χ2n) is 10.2. The number of amides is 2. The third-order valence-corrected chi connectivity index (χ3v) is 7.68. The predicted octanol–water partition coefficient (Wildman–Crippen LogP) is 7.11. The van der Waals surface area contributed by atoms with E-state index >= 15 is 0 Å². The van der Waals surface area contributed by atoms with Crippen LogP contribution >= 0.6 is 11.6 Å². The molecule has 0 aliphatic carbocycles. The topological polar surface area (TPSA) is 77.2 Å². The molecule has 0 atom stereocenters. The third kappa shape index (κ3) is 5.55. The summed E-state index contributed by atoms with van der Waals surface area (Å²) in [5, 5.41) is 4.20. The molecule has 8 heteroatoms. The van der Waals surface area contributed by atoms with E-state index in [2.05, 4.69) is 40.4 Å². The maximum atomic E-state index is 11.8. The molecule has 1 saturated heterocycles. The van der Waals surface area contributed by atoms with Crippen molar-refractivity contribution in [1.82, 2.24) is 9.80 Å². The maximum Gasteiger partial charge on any atom is 0.323 e. The Balaban J connectivity index is 0.000000152. The number of halogens is 1. The molecule has 1 fully saturated rings. The van der Waals surface area contributed by atoms with Gasteiger partial charge in [-0.15, -0.1) is 0 Å². The summed E-state index contributed by atoms with van der Waals surface area (Å²) in [6.07, 6.45) is 3.99. The van der Waals surface area contributed by atoms with Gasteiger partial charge in [0.2, 0.25) is 0 Å². The SMILES string of the molecule is CN1CCN(C2=Nc3cc(Cl)ccc3Nc3ccccc32)CC1.NC(=O)N1c2ccccc2C=Cc2ccccc21. The first-order chi connectivity index (χ1) is 20.0. The van der Waals surface area contributed by atoms with Gasteiger partial charge < -0.3 is 20.9 Å². The second-order valence-corrected chi connectivity index (χ2v) is 10.6. The highest BCUT2D eigenvalue weighted by molar-refractivity contribution is 6.31. The average molecular weight is 563 g/mol. The number of carbonyl (C=O) groups is 1. The van der Waals surface area contributed by atoms with Gasteiger partial charge in [-0.3, -0.25) is 4.90 Å². The van der Waals surface area contributed by atoms with Gasteiger partial charge in [-0.1, -0.05) is 72.3 Å². The molecule has 0 radical (unpaired) electrons. The Hall–Kier alpha value is -4.59. The first-order valence-electron chi connectivity index (χ1n) is 13.6. The first kappa shape index (κ1) is 26.6. The monoisotopic (exact) mass is 562 g/mol. The van der Waals surface area contributed by atoms with Crippen molar-refractivity contribution in [1.29, 1.82) is 0 Å². The first-order valence-corrected chi connectivity index (χ1v) is 14.0. The van der Waals surface area contributed by atoms with Crippen LogP contribution in [-0.2, 0) is 0 Å². The number of hydrogen-bond donors (Lipinski definition) is 2. The molecule has 3 heterocycles. The molecule has 0 bridgehead atoms. The van der Waals surface area contributed by atoms with Crippen LogP contribution in [0.5, 0.6) is 0 Å². The highest BCUT2D eigenvalue weighted by Gasteiger charge is 2.24. The quantitative estimate of drug-likeness (QED) is 0.239. The number of benzene rings is 4. The van der Waals surface area contributed by atoms with Crippen molar-refractivity contribution < 1.29 is 4.79 Å². The number of carbonyl (C=O) groups excluding carboxylic acids is 1. The number of anilines is 4. The van der Waals surface area contributed by atoms with E-state index in [1.807, 2.05) is 84.9 Å². The van der Waals surface area contributed by atoms with Crippen LogP contribution in [0, 0.1) is 0 Å². The van der Waals surface area contributed by atoms with Gasteiger partial charge in [0.05, 0.1) is 22.7 Å². The second kappa shape index (κ2) is 11.5. The van der Waals surface area contributed by atoms with E-state index in [0.29, 0.717) is 5.02 Å². The average Bonchev–Trinajstić information content (AvgIpc) is 3.26. The number of amidine groups is 1. The van der Waals surface area contributed by atoms with Gasteiger partial charge in [0.15, 0.2) is 0 Å². The Kier molecular flexibility index (Phi) is 7.46. The molecular weight excluding hydrogens is 532 g/mol. The van der Waals surface area contributed by atoms with Crippen LogP contribution in [-0.4, -0.2) is 54.9 Å². The standard InChI is InChI=1S/C18H19ClN4.C15H12N2O/c1-22-8-10-23(11-9-22)18-14-4-2-3-5-15(14)20-16-7-6-13(19)12-17(16)21-18;16-15(18)17-13-7-3-1-5-11(13)9-10-12-6-2-4-8-14(12)17/h2-7,12,20H,8-11H2,1H3;1-10H,(H2,16,18). The van der Waals surface area contributed by atoms with Gasteiger partial charge in [-0.2, -0.15) is 0 Å². The Labute approximate surface area is 245 Å². The van der Waals surface area contributed by atoms with Crippen molar-refractivity contribution in [2.75, 3.05) is 43.4 Å². The normalized spacial score (nSPS) is 15.4. The van der Waals surface area contributed by atoms with Gasteiger partial charge in [0, 0.05) is 42.5 Å². The molecule has 0 aromatic heterocycles. The molecule has 3 aliphatic rings. The molecule has 3 aliphatic heterocycles. The van der Waals surface area contributed by atoms with Gasteiger partial charge >= 0.3 is 6.03 Å². The van der Waals surface area contributed by atoms with E-state index in [9.17, 15) is 4.79 Å². The molecule has 2 amide bonds. The van der Waals surface area contributed by atoms with Crippen LogP contribution in [0.2, 0.25) is 5.02 Å². The van der Waals surface area contributed by atoms with Crippen LogP contribution in [0.4, 0.5) is 33.2 Å². The largest absolute Gasteiger partial charge is 0.353 e. The van der Waals surface area contributed by atoms with E-state index < -0.39 is 6.03 Å². The summed E-state index contributed by atoms with van der Waals surface area (Å²) in [6, 6.07) is 29.1. The highest BCUT2D eigenvalue weighted by atomic mass is 35.5. The van der Waals surface area contributed by atoms with E-state index in [0.717, 1.165) is 77.1 Å². The molecule has 0 unspecified atom stereocenters. The Morgan fingerprint density at radius 3 is 2.07 bits per heavy atom.